The Morgan fingerprint density at radius 3 is 2.80 bits per heavy atom. The molecule has 108 valence electrons. The number of hydrogen-bond acceptors (Lipinski definition) is 2. The minimum atomic E-state index is -4.36. The molecule has 0 amide bonds. The van der Waals surface area contributed by atoms with Crippen molar-refractivity contribution in [3.8, 4) is 0 Å². The van der Waals surface area contributed by atoms with Gasteiger partial charge in [0.05, 0.1) is 5.56 Å². The normalized spacial score (nSPS) is 22.1. The van der Waals surface area contributed by atoms with Crippen molar-refractivity contribution in [1.82, 2.24) is 0 Å². The number of nitrogens with one attached hydrogen (secondary N) is 1. The lowest BCUT2D eigenvalue weighted by atomic mass is 9.86. The molecule has 0 saturated heterocycles. The fourth-order valence-corrected chi connectivity index (χ4v) is 2.27. The minimum Gasteiger partial charge on any atom is -0.361 e. The Balaban J connectivity index is 2.13. The third-order valence-corrected chi connectivity index (χ3v) is 3.45. The molecule has 1 fully saturated rings. The predicted octanol–water partition coefficient (Wildman–Crippen LogP) is 4.39. The van der Waals surface area contributed by atoms with Gasteiger partial charge in [-0.05, 0) is 37.5 Å². The van der Waals surface area contributed by atoms with Gasteiger partial charge >= 0.3 is 6.18 Å². The maximum absolute atomic E-state index is 12.6. The summed E-state index contributed by atoms with van der Waals surface area (Å²) in [7, 11) is 0. The Morgan fingerprint density at radius 1 is 1.35 bits per heavy atom. The first-order valence-corrected chi connectivity index (χ1v) is 6.55. The molecule has 0 spiro atoms. The van der Waals surface area contributed by atoms with Crippen LogP contribution in [0.2, 0.25) is 0 Å². The summed E-state index contributed by atoms with van der Waals surface area (Å²) in [6.45, 7) is 1.87. The summed E-state index contributed by atoms with van der Waals surface area (Å²) < 4.78 is 37.7. The van der Waals surface area contributed by atoms with Crippen molar-refractivity contribution in [3.63, 3.8) is 0 Å². The Labute approximate surface area is 115 Å². The topological polar surface area (TPSA) is 29.1 Å². The average Bonchev–Trinajstić information content (AvgIpc) is 2.40. The van der Waals surface area contributed by atoms with Gasteiger partial charge in [0.2, 0.25) is 0 Å². The summed E-state index contributed by atoms with van der Waals surface area (Å²) in [6.07, 6.45) is -0.342. The molecule has 1 saturated carbocycles. The molecular formula is C15H16F3NO. The molecule has 0 aromatic heterocycles. The summed E-state index contributed by atoms with van der Waals surface area (Å²) in [4.78, 5) is 11.9. The van der Waals surface area contributed by atoms with E-state index in [1.807, 2.05) is 6.92 Å². The summed E-state index contributed by atoms with van der Waals surface area (Å²) in [5, 5.41) is 2.79. The van der Waals surface area contributed by atoms with E-state index in [2.05, 4.69) is 5.32 Å². The lowest BCUT2D eigenvalue weighted by Crippen LogP contribution is -2.19. The van der Waals surface area contributed by atoms with Crippen LogP contribution in [-0.2, 0) is 11.0 Å². The largest absolute Gasteiger partial charge is 0.416 e. The highest BCUT2D eigenvalue weighted by Gasteiger charge is 2.30. The molecule has 1 N–H and O–H groups in total. The van der Waals surface area contributed by atoms with E-state index in [1.54, 1.807) is 6.07 Å². The lowest BCUT2D eigenvalue weighted by Gasteiger charge is -2.19. The number of ketones is 1. The first kappa shape index (κ1) is 14.6. The van der Waals surface area contributed by atoms with E-state index in [1.165, 1.54) is 12.3 Å². The Bertz CT molecular complexity index is 534. The van der Waals surface area contributed by atoms with Crippen molar-refractivity contribution in [2.45, 2.75) is 32.4 Å². The zero-order valence-corrected chi connectivity index (χ0v) is 11.1. The second kappa shape index (κ2) is 5.69. The second-order valence-corrected chi connectivity index (χ2v) is 5.05. The number of carbonyl (C=O) groups is 1. The van der Waals surface area contributed by atoms with Gasteiger partial charge in [-0.15, -0.1) is 0 Å². The maximum atomic E-state index is 12.6. The number of hydrogen-bond donors (Lipinski definition) is 1. The van der Waals surface area contributed by atoms with Crippen LogP contribution in [0.3, 0.4) is 0 Å². The van der Waals surface area contributed by atoms with Crippen LogP contribution in [0.4, 0.5) is 18.9 Å². The molecule has 1 unspecified atom stereocenters. The molecule has 1 aliphatic carbocycles. The molecule has 0 bridgehead atoms. The summed E-state index contributed by atoms with van der Waals surface area (Å²) >= 11 is 0. The number of carbonyl (C=O) groups excluding carboxylic acids is 1. The average molecular weight is 283 g/mol. The number of allylic oxidation sites excluding steroid dienone is 1. The van der Waals surface area contributed by atoms with E-state index in [-0.39, 0.29) is 11.7 Å². The van der Waals surface area contributed by atoms with Crippen LogP contribution in [0.25, 0.3) is 0 Å². The van der Waals surface area contributed by atoms with Crippen LogP contribution in [0.15, 0.2) is 36.0 Å². The van der Waals surface area contributed by atoms with Crippen LogP contribution in [-0.4, -0.2) is 5.78 Å². The first-order chi connectivity index (χ1) is 9.38. The number of alkyl halides is 3. The van der Waals surface area contributed by atoms with E-state index in [9.17, 15) is 18.0 Å². The van der Waals surface area contributed by atoms with Crippen LogP contribution in [0, 0.1) is 5.92 Å². The second-order valence-electron chi connectivity index (χ2n) is 5.05. The van der Waals surface area contributed by atoms with Gasteiger partial charge in [-0.3, -0.25) is 4.79 Å². The fraction of sp³-hybridized carbons (Fsp3) is 0.400. The van der Waals surface area contributed by atoms with E-state index in [0.717, 1.165) is 25.0 Å². The Hall–Kier alpha value is -1.78. The fourth-order valence-electron chi connectivity index (χ4n) is 2.27. The summed E-state index contributed by atoms with van der Waals surface area (Å²) in [6, 6.07) is 4.94. The number of halogens is 3. The molecule has 0 aliphatic heterocycles. The highest BCUT2D eigenvalue weighted by Crippen LogP contribution is 2.31. The molecule has 0 heterocycles. The van der Waals surface area contributed by atoms with Gasteiger partial charge in [0, 0.05) is 23.4 Å². The van der Waals surface area contributed by atoms with Crippen LogP contribution < -0.4 is 5.32 Å². The zero-order valence-electron chi connectivity index (χ0n) is 11.1. The zero-order chi connectivity index (χ0) is 14.8. The van der Waals surface area contributed by atoms with Crippen molar-refractivity contribution < 1.29 is 18.0 Å². The molecule has 2 nitrogen and oxygen atoms in total. The number of anilines is 1. The number of benzene rings is 1. The SMILES string of the molecule is CC1CCC/C(=C\Nc2cccc(C(F)(F)F)c2)C1=O. The van der Waals surface area contributed by atoms with Crippen LogP contribution in [0.1, 0.15) is 31.7 Å². The Kier molecular flexibility index (Phi) is 4.16. The maximum Gasteiger partial charge on any atom is 0.416 e. The van der Waals surface area contributed by atoms with Gasteiger partial charge in [0.25, 0.3) is 0 Å². The number of Topliss-reactive ketones (excluding diaryl/α,β-unsaturated/α-hetero) is 1. The van der Waals surface area contributed by atoms with E-state index < -0.39 is 11.7 Å². The molecule has 1 atom stereocenters. The third-order valence-electron chi connectivity index (χ3n) is 3.45. The molecule has 0 radical (unpaired) electrons. The highest BCUT2D eigenvalue weighted by atomic mass is 19.4. The molecule has 1 aliphatic rings. The Morgan fingerprint density at radius 2 is 2.10 bits per heavy atom. The standard InChI is InChI=1S/C15H16F3NO/c1-10-4-2-5-11(14(10)20)9-19-13-7-3-6-12(8-13)15(16,17)18/h3,6-10,19H,2,4-5H2,1H3/b11-9+. The first-order valence-electron chi connectivity index (χ1n) is 6.55. The molecule has 2 rings (SSSR count). The molecule has 1 aromatic carbocycles. The molecule has 5 heteroatoms. The monoisotopic (exact) mass is 283 g/mol. The van der Waals surface area contributed by atoms with Crippen molar-refractivity contribution in [1.29, 1.82) is 0 Å². The highest BCUT2D eigenvalue weighted by molar-refractivity contribution is 5.97. The lowest BCUT2D eigenvalue weighted by molar-refractivity contribution is -0.137. The van der Waals surface area contributed by atoms with E-state index in [0.29, 0.717) is 17.7 Å². The van der Waals surface area contributed by atoms with Gasteiger partial charge in [-0.25, -0.2) is 0 Å². The summed E-state index contributed by atoms with van der Waals surface area (Å²) in [5.41, 5.74) is 0.281. The van der Waals surface area contributed by atoms with Crippen LogP contribution in [0.5, 0.6) is 0 Å². The van der Waals surface area contributed by atoms with Gasteiger partial charge < -0.3 is 5.32 Å². The van der Waals surface area contributed by atoms with Crippen LogP contribution >= 0.6 is 0 Å². The van der Waals surface area contributed by atoms with Gasteiger partial charge in [0.15, 0.2) is 5.78 Å². The molecule has 20 heavy (non-hydrogen) atoms. The quantitative estimate of drug-likeness (QED) is 0.815. The van der Waals surface area contributed by atoms with Crippen molar-refractivity contribution in [3.05, 3.63) is 41.6 Å². The van der Waals surface area contributed by atoms with E-state index >= 15 is 0 Å². The molecule has 1 aromatic rings. The van der Waals surface area contributed by atoms with Gasteiger partial charge in [-0.2, -0.15) is 13.2 Å². The van der Waals surface area contributed by atoms with Gasteiger partial charge in [-0.1, -0.05) is 13.0 Å². The van der Waals surface area contributed by atoms with Crippen molar-refractivity contribution in [2.75, 3.05) is 5.32 Å². The smallest absolute Gasteiger partial charge is 0.361 e. The van der Waals surface area contributed by atoms with Gasteiger partial charge in [0.1, 0.15) is 0 Å². The van der Waals surface area contributed by atoms with E-state index in [4.69, 9.17) is 0 Å². The minimum absolute atomic E-state index is 0.00157. The van der Waals surface area contributed by atoms with Crippen molar-refractivity contribution >= 4 is 11.5 Å². The molecular weight excluding hydrogens is 267 g/mol. The predicted molar refractivity (Wildman–Crippen MR) is 71.2 cm³/mol. The number of rotatable bonds is 2. The van der Waals surface area contributed by atoms with Crippen molar-refractivity contribution in [2.24, 2.45) is 5.92 Å². The third kappa shape index (κ3) is 3.40. The summed E-state index contributed by atoms with van der Waals surface area (Å²) in [5.74, 6) is 0.0778.